The minimum absolute atomic E-state index is 0.00316. The molecule has 1 amide bonds. The van der Waals surface area contributed by atoms with Crippen molar-refractivity contribution in [3.05, 3.63) is 22.9 Å². The number of ether oxygens (including phenoxy) is 1. The standard InChI is InChI=1S/C11H13BrN2O2/c1-7-9(4-5-16-7)11(15)14-8-2-3-10(12)13-6-8/h2-3,6-7,9H,4-5H2,1H3,(H,14,15). The number of carbonyl (C=O) groups is 1. The fourth-order valence-electron chi connectivity index (χ4n) is 1.76. The van der Waals surface area contributed by atoms with Gasteiger partial charge < -0.3 is 10.1 Å². The lowest BCUT2D eigenvalue weighted by molar-refractivity contribution is -0.121. The quantitative estimate of drug-likeness (QED) is 0.848. The second kappa shape index (κ2) is 4.93. The maximum Gasteiger partial charge on any atom is 0.230 e. The van der Waals surface area contributed by atoms with E-state index in [1.54, 1.807) is 12.3 Å². The molecule has 0 radical (unpaired) electrons. The normalized spacial score (nSPS) is 24.4. The second-order valence-electron chi connectivity index (χ2n) is 3.83. The van der Waals surface area contributed by atoms with Crippen LogP contribution in [-0.4, -0.2) is 23.6 Å². The van der Waals surface area contributed by atoms with Gasteiger partial charge in [-0.3, -0.25) is 4.79 Å². The number of anilines is 1. The largest absolute Gasteiger partial charge is 0.378 e. The first-order chi connectivity index (χ1) is 7.66. The predicted molar refractivity (Wildman–Crippen MR) is 64.1 cm³/mol. The Morgan fingerprint density at radius 3 is 3.00 bits per heavy atom. The zero-order valence-electron chi connectivity index (χ0n) is 8.94. The van der Waals surface area contributed by atoms with E-state index in [0.717, 1.165) is 11.0 Å². The van der Waals surface area contributed by atoms with Gasteiger partial charge in [-0.1, -0.05) is 0 Å². The highest BCUT2D eigenvalue weighted by Crippen LogP contribution is 2.22. The van der Waals surface area contributed by atoms with Crippen LogP contribution >= 0.6 is 15.9 Å². The lowest BCUT2D eigenvalue weighted by atomic mass is 10.0. The molecule has 0 spiro atoms. The Morgan fingerprint density at radius 2 is 2.44 bits per heavy atom. The SMILES string of the molecule is CC1OCCC1C(=O)Nc1ccc(Br)nc1. The van der Waals surface area contributed by atoms with Gasteiger partial charge in [0.25, 0.3) is 0 Å². The third kappa shape index (κ3) is 2.59. The molecule has 86 valence electrons. The summed E-state index contributed by atoms with van der Waals surface area (Å²) in [7, 11) is 0. The van der Waals surface area contributed by atoms with Crippen LogP contribution in [0.25, 0.3) is 0 Å². The Hall–Kier alpha value is -0.940. The zero-order chi connectivity index (χ0) is 11.5. The topological polar surface area (TPSA) is 51.2 Å². The van der Waals surface area contributed by atoms with E-state index in [-0.39, 0.29) is 17.9 Å². The number of pyridine rings is 1. The summed E-state index contributed by atoms with van der Waals surface area (Å²) in [6.45, 7) is 2.59. The first kappa shape index (κ1) is 11.5. The van der Waals surface area contributed by atoms with Gasteiger partial charge in [0.1, 0.15) is 4.60 Å². The molecule has 0 bridgehead atoms. The van der Waals surface area contributed by atoms with Gasteiger partial charge >= 0.3 is 0 Å². The van der Waals surface area contributed by atoms with Crippen molar-refractivity contribution in [1.82, 2.24) is 4.98 Å². The van der Waals surface area contributed by atoms with Crippen LogP contribution in [0.5, 0.6) is 0 Å². The minimum Gasteiger partial charge on any atom is -0.378 e. The molecule has 1 aliphatic rings. The van der Waals surface area contributed by atoms with Crippen LogP contribution in [0.3, 0.4) is 0 Å². The molecule has 1 saturated heterocycles. The summed E-state index contributed by atoms with van der Waals surface area (Å²) in [4.78, 5) is 15.9. The number of aromatic nitrogens is 1. The van der Waals surface area contributed by atoms with E-state index in [9.17, 15) is 4.79 Å². The maximum absolute atomic E-state index is 11.9. The van der Waals surface area contributed by atoms with Gasteiger partial charge in [-0.05, 0) is 41.4 Å². The van der Waals surface area contributed by atoms with Crippen LogP contribution in [0, 0.1) is 5.92 Å². The van der Waals surface area contributed by atoms with E-state index in [0.29, 0.717) is 12.3 Å². The summed E-state index contributed by atoms with van der Waals surface area (Å²) in [5.74, 6) is -0.0437. The Morgan fingerprint density at radius 1 is 1.62 bits per heavy atom. The van der Waals surface area contributed by atoms with Crippen molar-refractivity contribution in [2.45, 2.75) is 19.4 Å². The second-order valence-corrected chi connectivity index (χ2v) is 4.64. The van der Waals surface area contributed by atoms with E-state index < -0.39 is 0 Å². The van der Waals surface area contributed by atoms with Crippen LogP contribution in [-0.2, 0) is 9.53 Å². The molecule has 2 heterocycles. The number of amides is 1. The lowest BCUT2D eigenvalue weighted by Gasteiger charge is -2.13. The number of carbonyl (C=O) groups excluding carboxylic acids is 1. The number of nitrogens with one attached hydrogen (secondary N) is 1. The van der Waals surface area contributed by atoms with Gasteiger partial charge in [-0.2, -0.15) is 0 Å². The van der Waals surface area contributed by atoms with E-state index >= 15 is 0 Å². The predicted octanol–water partition coefficient (Wildman–Crippen LogP) is 2.21. The Labute approximate surface area is 103 Å². The molecule has 0 aliphatic carbocycles. The maximum atomic E-state index is 11.9. The first-order valence-electron chi connectivity index (χ1n) is 5.21. The Kier molecular flexibility index (Phi) is 3.56. The van der Waals surface area contributed by atoms with Gasteiger partial charge in [0.15, 0.2) is 0 Å². The highest BCUT2D eigenvalue weighted by atomic mass is 79.9. The molecule has 0 aromatic carbocycles. The molecular weight excluding hydrogens is 272 g/mol. The summed E-state index contributed by atoms with van der Waals surface area (Å²) in [5.41, 5.74) is 0.715. The zero-order valence-corrected chi connectivity index (χ0v) is 10.5. The number of nitrogens with zero attached hydrogens (tertiary/aromatic N) is 1. The number of hydrogen-bond acceptors (Lipinski definition) is 3. The summed E-state index contributed by atoms with van der Waals surface area (Å²) < 4.78 is 6.11. The number of hydrogen-bond donors (Lipinski definition) is 1. The molecule has 4 nitrogen and oxygen atoms in total. The van der Waals surface area contributed by atoms with Crippen molar-refractivity contribution in [2.24, 2.45) is 5.92 Å². The van der Waals surface area contributed by atoms with Gasteiger partial charge in [-0.25, -0.2) is 4.98 Å². The molecule has 1 aromatic rings. The Bertz CT molecular complexity index is 380. The van der Waals surface area contributed by atoms with Crippen LogP contribution in [0.15, 0.2) is 22.9 Å². The van der Waals surface area contributed by atoms with Crippen molar-refractivity contribution in [2.75, 3.05) is 11.9 Å². The van der Waals surface area contributed by atoms with Crippen molar-refractivity contribution in [1.29, 1.82) is 0 Å². The summed E-state index contributed by atoms with van der Waals surface area (Å²) in [6.07, 6.45) is 2.42. The highest BCUT2D eigenvalue weighted by Gasteiger charge is 2.30. The molecule has 2 rings (SSSR count). The molecule has 5 heteroatoms. The van der Waals surface area contributed by atoms with Crippen LogP contribution in [0.4, 0.5) is 5.69 Å². The highest BCUT2D eigenvalue weighted by molar-refractivity contribution is 9.10. The number of halogens is 1. The van der Waals surface area contributed by atoms with Crippen molar-refractivity contribution in [3.63, 3.8) is 0 Å². The van der Waals surface area contributed by atoms with Gasteiger partial charge in [-0.15, -0.1) is 0 Å². The fraction of sp³-hybridized carbons (Fsp3) is 0.455. The van der Waals surface area contributed by atoms with E-state index in [1.807, 2.05) is 13.0 Å². The molecule has 2 atom stereocenters. The smallest absolute Gasteiger partial charge is 0.230 e. The Balaban J connectivity index is 1.99. The average molecular weight is 285 g/mol. The van der Waals surface area contributed by atoms with E-state index in [2.05, 4.69) is 26.2 Å². The van der Waals surface area contributed by atoms with Crippen molar-refractivity contribution in [3.8, 4) is 0 Å². The molecule has 1 aliphatic heterocycles. The summed E-state index contributed by atoms with van der Waals surface area (Å²) >= 11 is 3.24. The average Bonchev–Trinajstić information content (AvgIpc) is 2.68. The molecule has 1 fully saturated rings. The summed E-state index contributed by atoms with van der Waals surface area (Å²) in [5, 5.41) is 2.84. The molecule has 16 heavy (non-hydrogen) atoms. The van der Waals surface area contributed by atoms with Gasteiger partial charge in [0, 0.05) is 6.61 Å². The first-order valence-corrected chi connectivity index (χ1v) is 6.00. The van der Waals surface area contributed by atoms with E-state index in [4.69, 9.17) is 4.74 Å². The van der Waals surface area contributed by atoms with Crippen LogP contribution < -0.4 is 5.32 Å². The van der Waals surface area contributed by atoms with Gasteiger partial charge in [0.2, 0.25) is 5.91 Å². The molecule has 2 unspecified atom stereocenters. The fourth-order valence-corrected chi connectivity index (χ4v) is 2.00. The summed E-state index contributed by atoms with van der Waals surface area (Å²) in [6, 6.07) is 3.61. The molecular formula is C11H13BrN2O2. The molecule has 1 N–H and O–H groups in total. The lowest BCUT2D eigenvalue weighted by Crippen LogP contribution is -2.27. The van der Waals surface area contributed by atoms with Gasteiger partial charge in [0.05, 0.1) is 23.9 Å². The number of rotatable bonds is 2. The third-order valence-corrected chi connectivity index (χ3v) is 3.18. The molecule has 1 aromatic heterocycles. The molecule has 0 saturated carbocycles. The third-order valence-electron chi connectivity index (χ3n) is 2.71. The van der Waals surface area contributed by atoms with E-state index in [1.165, 1.54) is 0 Å². The van der Waals surface area contributed by atoms with Crippen molar-refractivity contribution >= 4 is 27.5 Å². The van der Waals surface area contributed by atoms with Crippen LogP contribution in [0.2, 0.25) is 0 Å². The van der Waals surface area contributed by atoms with Crippen molar-refractivity contribution < 1.29 is 9.53 Å². The minimum atomic E-state index is -0.0522. The monoisotopic (exact) mass is 284 g/mol. The van der Waals surface area contributed by atoms with Crippen LogP contribution in [0.1, 0.15) is 13.3 Å².